The first kappa shape index (κ1) is 12.8. The predicted molar refractivity (Wildman–Crippen MR) is 85.0 cm³/mol. The second kappa shape index (κ2) is 4.80. The third kappa shape index (κ3) is 1.90. The molecule has 0 spiro atoms. The summed E-state index contributed by atoms with van der Waals surface area (Å²) in [6.07, 6.45) is 3.47. The van der Waals surface area contributed by atoms with Gasteiger partial charge in [-0.25, -0.2) is 13.9 Å². The van der Waals surface area contributed by atoms with Crippen LogP contribution in [0.4, 0.5) is 0 Å². The van der Waals surface area contributed by atoms with Gasteiger partial charge in [0.1, 0.15) is 0 Å². The monoisotopic (exact) mass is 290 g/mol. The molecule has 0 saturated carbocycles. The van der Waals surface area contributed by atoms with E-state index in [0.29, 0.717) is 12.2 Å². The van der Waals surface area contributed by atoms with Crippen LogP contribution in [0.15, 0.2) is 59.7 Å². The maximum absolute atomic E-state index is 12.7. The van der Waals surface area contributed by atoms with E-state index in [4.69, 9.17) is 0 Å². The zero-order valence-electron chi connectivity index (χ0n) is 12.1. The van der Waals surface area contributed by atoms with Gasteiger partial charge in [0, 0.05) is 12.4 Å². The Morgan fingerprint density at radius 3 is 2.82 bits per heavy atom. The largest absolute Gasteiger partial charge is 0.351 e. The number of aromatic nitrogens is 4. The number of rotatable bonds is 2. The summed E-state index contributed by atoms with van der Waals surface area (Å²) in [6.45, 7) is 2.39. The zero-order chi connectivity index (χ0) is 15.1. The van der Waals surface area contributed by atoms with Gasteiger partial charge >= 0.3 is 5.69 Å². The third-order valence-electron chi connectivity index (χ3n) is 3.80. The van der Waals surface area contributed by atoms with Crippen molar-refractivity contribution in [3.05, 3.63) is 76.5 Å². The maximum atomic E-state index is 12.7. The van der Waals surface area contributed by atoms with Crippen LogP contribution in [-0.2, 0) is 6.54 Å². The van der Waals surface area contributed by atoms with Crippen LogP contribution in [-0.4, -0.2) is 19.2 Å². The Labute approximate surface area is 126 Å². The lowest BCUT2D eigenvalue weighted by Gasteiger charge is -2.02. The lowest BCUT2D eigenvalue weighted by Crippen LogP contribution is -2.22. The van der Waals surface area contributed by atoms with Crippen LogP contribution in [0.2, 0.25) is 0 Å². The van der Waals surface area contributed by atoms with Gasteiger partial charge in [0.05, 0.1) is 12.1 Å². The van der Waals surface area contributed by atoms with E-state index in [1.165, 1.54) is 4.68 Å². The minimum Gasteiger partial charge on any atom is -0.264 e. The molecule has 108 valence electrons. The summed E-state index contributed by atoms with van der Waals surface area (Å²) in [6, 6.07) is 13.7. The minimum absolute atomic E-state index is 0.126. The van der Waals surface area contributed by atoms with Gasteiger partial charge in [-0.2, -0.15) is 0 Å². The van der Waals surface area contributed by atoms with Crippen molar-refractivity contribution in [2.45, 2.75) is 13.5 Å². The van der Waals surface area contributed by atoms with Crippen molar-refractivity contribution < 1.29 is 0 Å². The van der Waals surface area contributed by atoms with Crippen LogP contribution in [0.1, 0.15) is 11.1 Å². The Morgan fingerprint density at radius 1 is 1.14 bits per heavy atom. The third-order valence-corrected chi connectivity index (χ3v) is 3.80. The Balaban J connectivity index is 1.99. The molecule has 0 aliphatic rings. The fraction of sp³-hybridized carbons (Fsp3) is 0.118. The molecule has 5 nitrogen and oxygen atoms in total. The van der Waals surface area contributed by atoms with Crippen LogP contribution >= 0.6 is 0 Å². The number of hydrogen-bond acceptors (Lipinski definition) is 3. The number of hydrogen-bond donors (Lipinski definition) is 0. The van der Waals surface area contributed by atoms with Gasteiger partial charge in [-0.3, -0.25) is 4.98 Å². The van der Waals surface area contributed by atoms with E-state index in [2.05, 4.69) is 16.1 Å². The van der Waals surface area contributed by atoms with E-state index < -0.39 is 0 Å². The van der Waals surface area contributed by atoms with Gasteiger partial charge in [0.15, 0.2) is 5.65 Å². The number of fused-ring (bicyclic) bond motifs is 3. The summed E-state index contributed by atoms with van der Waals surface area (Å²) in [4.78, 5) is 16.8. The van der Waals surface area contributed by atoms with E-state index in [1.54, 1.807) is 16.8 Å². The highest BCUT2D eigenvalue weighted by atomic mass is 16.2. The summed E-state index contributed by atoms with van der Waals surface area (Å²) < 4.78 is 3.17. The van der Waals surface area contributed by atoms with Gasteiger partial charge in [0.2, 0.25) is 0 Å². The van der Waals surface area contributed by atoms with Crippen LogP contribution in [0, 0.1) is 6.92 Å². The Morgan fingerprint density at radius 2 is 2.00 bits per heavy atom. The molecule has 0 saturated heterocycles. The molecule has 3 heterocycles. The zero-order valence-corrected chi connectivity index (χ0v) is 12.1. The summed E-state index contributed by atoms with van der Waals surface area (Å²) in [5.41, 5.74) is 3.40. The van der Waals surface area contributed by atoms with Gasteiger partial charge in [-0.15, -0.1) is 5.10 Å². The first-order valence-electron chi connectivity index (χ1n) is 7.11. The average molecular weight is 290 g/mol. The second-order valence-electron chi connectivity index (χ2n) is 5.35. The molecule has 0 fully saturated rings. The summed E-state index contributed by atoms with van der Waals surface area (Å²) in [5.74, 6) is 0. The fourth-order valence-corrected chi connectivity index (χ4v) is 2.76. The van der Waals surface area contributed by atoms with Crippen molar-refractivity contribution in [1.82, 2.24) is 19.2 Å². The minimum atomic E-state index is -0.126. The van der Waals surface area contributed by atoms with Crippen molar-refractivity contribution >= 4 is 16.6 Å². The smallest absolute Gasteiger partial charge is 0.264 e. The number of nitrogens with zero attached hydrogens (tertiary/aromatic N) is 4. The molecule has 5 heteroatoms. The molecule has 0 bridgehead atoms. The highest BCUT2D eigenvalue weighted by molar-refractivity contribution is 5.83. The van der Waals surface area contributed by atoms with E-state index in [-0.39, 0.29) is 5.69 Å². The molecule has 0 aliphatic heterocycles. The van der Waals surface area contributed by atoms with Crippen LogP contribution in [0.3, 0.4) is 0 Å². The Hall–Kier alpha value is -2.95. The molecular formula is C17H14N4O. The van der Waals surface area contributed by atoms with Crippen molar-refractivity contribution in [3.63, 3.8) is 0 Å². The molecule has 0 aliphatic carbocycles. The van der Waals surface area contributed by atoms with Crippen molar-refractivity contribution in [3.8, 4) is 0 Å². The van der Waals surface area contributed by atoms with Gasteiger partial charge < -0.3 is 0 Å². The Bertz CT molecular complexity index is 1030. The standard InChI is InChI=1S/C17H14N4O/c1-12-9-14-6-2-3-7-15(14)21-16(12)19-20(17(21)22)11-13-5-4-8-18-10-13/h2-10H,11H2,1H3. The molecular weight excluding hydrogens is 276 g/mol. The van der Waals surface area contributed by atoms with Crippen LogP contribution in [0.25, 0.3) is 16.6 Å². The van der Waals surface area contributed by atoms with Crippen LogP contribution < -0.4 is 5.69 Å². The van der Waals surface area contributed by atoms with E-state index >= 15 is 0 Å². The van der Waals surface area contributed by atoms with Gasteiger partial charge in [-0.05, 0) is 41.6 Å². The van der Waals surface area contributed by atoms with E-state index in [9.17, 15) is 4.79 Å². The van der Waals surface area contributed by atoms with E-state index in [0.717, 1.165) is 22.0 Å². The quantitative estimate of drug-likeness (QED) is 0.569. The molecule has 22 heavy (non-hydrogen) atoms. The van der Waals surface area contributed by atoms with Gasteiger partial charge in [0.25, 0.3) is 0 Å². The molecule has 0 N–H and O–H groups in total. The van der Waals surface area contributed by atoms with Crippen molar-refractivity contribution in [2.24, 2.45) is 0 Å². The number of para-hydroxylation sites is 1. The maximum Gasteiger partial charge on any atom is 0.351 e. The summed E-state index contributed by atoms with van der Waals surface area (Å²) in [5, 5.41) is 5.53. The molecule has 0 unspecified atom stereocenters. The number of pyridine rings is 2. The predicted octanol–water partition coefficient (Wildman–Crippen LogP) is 2.40. The topological polar surface area (TPSA) is 52.2 Å². The first-order chi connectivity index (χ1) is 10.7. The summed E-state index contributed by atoms with van der Waals surface area (Å²) >= 11 is 0. The molecule has 1 aromatic carbocycles. The molecule has 0 atom stereocenters. The van der Waals surface area contributed by atoms with E-state index in [1.807, 2.05) is 43.3 Å². The molecule has 4 rings (SSSR count). The van der Waals surface area contributed by atoms with Gasteiger partial charge in [-0.1, -0.05) is 24.3 Å². The molecule has 4 aromatic rings. The Kier molecular flexibility index (Phi) is 2.79. The second-order valence-corrected chi connectivity index (χ2v) is 5.35. The SMILES string of the molecule is Cc1cc2ccccc2n2c(=O)n(Cc3cccnc3)nc12. The highest BCUT2D eigenvalue weighted by Crippen LogP contribution is 2.18. The van der Waals surface area contributed by atoms with Crippen molar-refractivity contribution in [1.29, 1.82) is 0 Å². The lowest BCUT2D eigenvalue weighted by molar-refractivity contribution is 0.658. The molecule has 0 radical (unpaired) electrons. The summed E-state index contributed by atoms with van der Waals surface area (Å²) in [7, 11) is 0. The average Bonchev–Trinajstić information content (AvgIpc) is 2.87. The number of aryl methyl sites for hydroxylation is 1. The molecule has 0 amide bonds. The normalized spacial score (nSPS) is 11.3. The highest BCUT2D eigenvalue weighted by Gasteiger charge is 2.12. The fourth-order valence-electron chi connectivity index (χ4n) is 2.76. The van der Waals surface area contributed by atoms with Crippen LogP contribution in [0.5, 0.6) is 0 Å². The lowest BCUT2D eigenvalue weighted by atomic mass is 10.1. The van der Waals surface area contributed by atoms with Crippen molar-refractivity contribution in [2.75, 3.05) is 0 Å². The number of benzene rings is 1. The first-order valence-corrected chi connectivity index (χ1v) is 7.11. The molecule has 3 aromatic heterocycles.